The summed E-state index contributed by atoms with van der Waals surface area (Å²) in [6, 6.07) is 19.8. The van der Waals surface area contributed by atoms with Crippen LogP contribution in [-0.4, -0.2) is 20.9 Å². The number of aromatic nitrogens is 3. The van der Waals surface area contributed by atoms with E-state index in [1.54, 1.807) is 6.07 Å². The van der Waals surface area contributed by atoms with Gasteiger partial charge in [0.05, 0.1) is 6.20 Å². The van der Waals surface area contributed by atoms with Crippen LogP contribution in [0.4, 0.5) is 11.6 Å². The lowest BCUT2D eigenvalue weighted by Crippen LogP contribution is -2.09. The van der Waals surface area contributed by atoms with Crippen molar-refractivity contribution in [3.8, 4) is 0 Å². The summed E-state index contributed by atoms with van der Waals surface area (Å²) in [5.74, 6) is 1.95. The minimum Gasteiger partial charge on any atom is -0.366 e. The van der Waals surface area contributed by atoms with Crippen LogP contribution in [0.5, 0.6) is 0 Å². The molecule has 0 atom stereocenters. The fraction of sp³-hybridized carbons (Fsp3) is 0.208. The molecule has 6 nitrogen and oxygen atoms in total. The molecule has 4 aromatic rings. The summed E-state index contributed by atoms with van der Waals surface area (Å²) in [4.78, 5) is 15.9. The van der Waals surface area contributed by atoms with Gasteiger partial charge in [-0.3, -0.25) is 4.79 Å². The van der Waals surface area contributed by atoms with Gasteiger partial charge >= 0.3 is 0 Å². The van der Waals surface area contributed by atoms with Gasteiger partial charge in [-0.15, -0.1) is 0 Å². The van der Waals surface area contributed by atoms with Gasteiger partial charge in [0.25, 0.3) is 0 Å². The fourth-order valence-corrected chi connectivity index (χ4v) is 3.36. The van der Waals surface area contributed by atoms with Crippen molar-refractivity contribution in [3.05, 3.63) is 89.1 Å². The summed E-state index contributed by atoms with van der Waals surface area (Å²) in [6.07, 6.45) is 2.74. The Balaban J connectivity index is 1.63. The molecule has 0 unspecified atom stereocenters. The number of anilines is 2. The molecule has 0 saturated heterocycles. The number of carbonyl (C=O) groups is 1. The average molecular weight is 399 g/mol. The van der Waals surface area contributed by atoms with Crippen molar-refractivity contribution in [2.75, 3.05) is 10.6 Å². The molecule has 30 heavy (non-hydrogen) atoms. The van der Waals surface area contributed by atoms with Crippen LogP contribution < -0.4 is 10.6 Å². The largest absolute Gasteiger partial charge is 0.366 e. The second-order valence-electron chi connectivity index (χ2n) is 7.57. The third-order valence-electron chi connectivity index (χ3n) is 5.00. The zero-order valence-corrected chi connectivity index (χ0v) is 17.2. The summed E-state index contributed by atoms with van der Waals surface area (Å²) < 4.78 is 1.84. The molecule has 4 rings (SSSR count). The first-order valence-electron chi connectivity index (χ1n) is 10.1. The standard InChI is InChI=1S/C24H25N5O/c1-17(2)21-15-27-29-23(26-14-19-9-6-10-20(11-19)16-30)12-22(28-24(21)29)25-13-18-7-4-3-5-8-18/h3-12,15-17,26H,13-14H2,1-2H3,(H,25,28). The minimum atomic E-state index is 0.316. The number of aldehydes is 1. The van der Waals surface area contributed by atoms with Crippen molar-refractivity contribution in [2.24, 2.45) is 0 Å². The normalized spacial score (nSPS) is 11.0. The van der Waals surface area contributed by atoms with Gasteiger partial charge < -0.3 is 10.6 Å². The number of carbonyl (C=O) groups excluding carboxylic acids is 1. The lowest BCUT2D eigenvalue weighted by atomic mass is 10.1. The van der Waals surface area contributed by atoms with Crippen molar-refractivity contribution in [2.45, 2.75) is 32.9 Å². The van der Waals surface area contributed by atoms with E-state index < -0.39 is 0 Å². The molecule has 2 heterocycles. The Morgan fingerprint density at radius 2 is 1.73 bits per heavy atom. The Hall–Kier alpha value is -3.67. The van der Waals surface area contributed by atoms with Crippen molar-refractivity contribution >= 4 is 23.6 Å². The SMILES string of the molecule is CC(C)c1cnn2c(NCc3cccc(C=O)c3)cc(NCc3ccccc3)nc12. The van der Waals surface area contributed by atoms with Crippen LogP contribution in [0.2, 0.25) is 0 Å². The molecule has 2 aromatic carbocycles. The highest BCUT2D eigenvalue weighted by Crippen LogP contribution is 2.24. The minimum absolute atomic E-state index is 0.316. The van der Waals surface area contributed by atoms with Gasteiger partial charge in [-0.1, -0.05) is 62.4 Å². The number of nitrogens with zero attached hydrogens (tertiary/aromatic N) is 3. The molecule has 6 heteroatoms. The Morgan fingerprint density at radius 1 is 0.967 bits per heavy atom. The third kappa shape index (κ3) is 4.33. The zero-order valence-electron chi connectivity index (χ0n) is 17.2. The quantitative estimate of drug-likeness (QED) is 0.413. The number of nitrogens with one attached hydrogen (secondary N) is 2. The van der Waals surface area contributed by atoms with Crippen molar-refractivity contribution in [3.63, 3.8) is 0 Å². The van der Waals surface area contributed by atoms with E-state index >= 15 is 0 Å². The predicted molar refractivity (Wildman–Crippen MR) is 120 cm³/mol. The lowest BCUT2D eigenvalue weighted by Gasteiger charge is -2.13. The first-order valence-corrected chi connectivity index (χ1v) is 10.1. The van der Waals surface area contributed by atoms with E-state index in [1.165, 1.54) is 5.56 Å². The van der Waals surface area contributed by atoms with E-state index in [2.05, 4.69) is 41.7 Å². The van der Waals surface area contributed by atoms with Crippen molar-refractivity contribution < 1.29 is 4.79 Å². The Kier molecular flexibility index (Phi) is 5.75. The second kappa shape index (κ2) is 8.78. The van der Waals surface area contributed by atoms with Gasteiger partial charge in [0.1, 0.15) is 17.9 Å². The smallest absolute Gasteiger partial charge is 0.163 e. The van der Waals surface area contributed by atoms with Gasteiger partial charge in [-0.05, 0) is 23.1 Å². The molecule has 2 N–H and O–H groups in total. The monoisotopic (exact) mass is 399 g/mol. The molecule has 0 saturated carbocycles. The summed E-state index contributed by atoms with van der Waals surface area (Å²) in [5, 5.41) is 11.4. The van der Waals surface area contributed by atoms with Gasteiger partial charge in [0.2, 0.25) is 0 Å². The summed E-state index contributed by atoms with van der Waals surface area (Å²) >= 11 is 0. The van der Waals surface area contributed by atoms with E-state index in [9.17, 15) is 4.79 Å². The molecule has 0 fully saturated rings. The third-order valence-corrected chi connectivity index (χ3v) is 5.00. The maximum absolute atomic E-state index is 11.1. The Labute approximate surface area is 176 Å². The first-order chi connectivity index (χ1) is 14.6. The molecule has 2 aromatic heterocycles. The van der Waals surface area contributed by atoms with E-state index in [1.807, 2.05) is 53.2 Å². The van der Waals surface area contributed by atoms with Gasteiger partial charge in [-0.25, -0.2) is 4.98 Å². The van der Waals surface area contributed by atoms with Crippen molar-refractivity contribution in [1.29, 1.82) is 0 Å². The van der Waals surface area contributed by atoms with E-state index in [0.717, 1.165) is 34.7 Å². The lowest BCUT2D eigenvalue weighted by molar-refractivity contribution is 0.112. The van der Waals surface area contributed by atoms with Crippen LogP contribution in [0.25, 0.3) is 5.65 Å². The van der Waals surface area contributed by atoms with E-state index in [0.29, 0.717) is 24.6 Å². The number of fused-ring (bicyclic) bond motifs is 1. The van der Waals surface area contributed by atoms with Crippen LogP contribution in [0.3, 0.4) is 0 Å². The molecule has 0 bridgehead atoms. The molecule has 0 amide bonds. The highest BCUT2D eigenvalue weighted by atomic mass is 16.1. The molecule has 0 aliphatic rings. The van der Waals surface area contributed by atoms with Crippen LogP contribution >= 0.6 is 0 Å². The summed E-state index contributed by atoms with van der Waals surface area (Å²) in [5.41, 5.74) is 4.83. The number of hydrogen-bond donors (Lipinski definition) is 2. The second-order valence-corrected chi connectivity index (χ2v) is 7.57. The van der Waals surface area contributed by atoms with Crippen LogP contribution in [-0.2, 0) is 13.1 Å². The Bertz CT molecular complexity index is 1150. The molecular weight excluding hydrogens is 374 g/mol. The number of benzene rings is 2. The molecule has 0 aliphatic heterocycles. The van der Waals surface area contributed by atoms with Crippen LogP contribution in [0.15, 0.2) is 66.9 Å². The maximum atomic E-state index is 11.1. The van der Waals surface area contributed by atoms with Gasteiger partial charge in [-0.2, -0.15) is 9.61 Å². The molecular formula is C24H25N5O. The van der Waals surface area contributed by atoms with Gasteiger partial charge in [0.15, 0.2) is 5.65 Å². The average Bonchev–Trinajstić information content (AvgIpc) is 3.21. The van der Waals surface area contributed by atoms with Crippen molar-refractivity contribution in [1.82, 2.24) is 14.6 Å². The predicted octanol–water partition coefficient (Wildman–Crippen LogP) is 4.89. The van der Waals surface area contributed by atoms with Crippen LogP contribution in [0, 0.1) is 0 Å². The molecule has 152 valence electrons. The molecule has 0 radical (unpaired) electrons. The fourth-order valence-electron chi connectivity index (χ4n) is 3.36. The molecule has 0 spiro atoms. The zero-order chi connectivity index (χ0) is 20.9. The highest BCUT2D eigenvalue weighted by Gasteiger charge is 2.14. The first kappa shape index (κ1) is 19.6. The number of rotatable bonds is 8. The van der Waals surface area contributed by atoms with E-state index in [-0.39, 0.29) is 0 Å². The summed E-state index contributed by atoms with van der Waals surface area (Å²) in [7, 11) is 0. The topological polar surface area (TPSA) is 71.3 Å². The van der Waals surface area contributed by atoms with E-state index in [4.69, 9.17) is 4.98 Å². The maximum Gasteiger partial charge on any atom is 0.163 e. The highest BCUT2D eigenvalue weighted by molar-refractivity contribution is 5.75. The molecule has 0 aliphatic carbocycles. The Morgan fingerprint density at radius 3 is 2.50 bits per heavy atom. The number of hydrogen-bond acceptors (Lipinski definition) is 5. The summed E-state index contributed by atoms with van der Waals surface area (Å²) in [6.45, 7) is 5.55. The van der Waals surface area contributed by atoms with Gasteiger partial charge in [0, 0.05) is 30.3 Å². The van der Waals surface area contributed by atoms with Crippen LogP contribution in [0.1, 0.15) is 46.8 Å².